The molecule has 3 heterocycles. The first kappa shape index (κ1) is 21.4. The van der Waals surface area contributed by atoms with Crippen LogP contribution in [0.25, 0.3) is 32.8 Å². The van der Waals surface area contributed by atoms with Crippen LogP contribution in [0, 0.1) is 0 Å². The van der Waals surface area contributed by atoms with Crippen molar-refractivity contribution in [2.75, 3.05) is 0 Å². The zero-order valence-corrected chi connectivity index (χ0v) is 19.5. The molecule has 0 fully saturated rings. The second kappa shape index (κ2) is 9.17. The van der Waals surface area contributed by atoms with Gasteiger partial charge < -0.3 is 4.42 Å². The second-order valence-electron chi connectivity index (χ2n) is 7.37. The average Bonchev–Trinajstić information content (AvgIpc) is 3.51. The molecule has 0 radical (unpaired) electrons. The molecule has 0 saturated carbocycles. The summed E-state index contributed by atoms with van der Waals surface area (Å²) in [5.74, 6) is 0.949. The summed E-state index contributed by atoms with van der Waals surface area (Å²) in [4.78, 5) is 19.1. The molecule has 0 saturated heterocycles. The molecule has 5 aromatic rings. The molecular weight excluding hydrogens is 452 g/mol. The maximum atomic E-state index is 13.5. The summed E-state index contributed by atoms with van der Waals surface area (Å²) in [6, 6.07) is 19.5. The summed E-state index contributed by atoms with van der Waals surface area (Å²) in [6.45, 7) is 6.15. The average molecular weight is 473 g/mol. The van der Waals surface area contributed by atoms with Crippen LogP contribution in [0.15, 0.2) is 93.1 Å². The molecule has 33 heavy (non-hydrogen) atoms. The van der Waals surface area contributed by atoms with Gasteiger partial charge in [-0.05, 0) is 24.6 Å². The maximum Gasteiger partial charge on any atom is 0.263 e. The fraction of sp³-hybridized carbons (Fsp3) is 0.120. The first-order chi connectivity index (χ1) is 16.2. The standard InChI is InChI=1S/C25H20N4O2S2/c1-3-14-29-24(30)20-19(17-10-6-4-7-11-17)15-32-23(20)26-25(29)33-16(2)21-27-28-22(31-21)18-12-8-5-9-13-18/h3-13,15-16H,1,14H2,2H3. The molecule has 1 unspecified atom stereocenters. The first-order valence-electron chi connectivity index (χ1n) is 10.4. The summed E-state index contributed by atoms with van der Waals surface area (Å²) < 4.78 is 7.56. The van der Waals surface area contributed by atoms with Crippen molar-refractivity contribution in [3.05, 3.63) is 94.9 Å². The van der Waals surface area contributed by atoms with Crippen LogP contribution in [0.3, 0.4) is 0 Å². The molecule has 0 bridgehead atoms. The number of rotatable bonds is 7. The predicted octanol–water partition coefficient (Wildman–Crippen LogP) is 6.21. The largest absolute Gasteiger partial charge is 0.419 e. The van der Waals surface area contributed by atoms with Crippen molar-refractivity contribution >= 4 is 33.3 Å². The van der Waals surface area contributed by atoms with Crippen LogP contribution >= 0.6 is 23.1 Å². The van der Waals surface area contributed by atoms with Crippen LogP contribution in [0.4, 0.5) is 0 Å². The third-order valence-electron chi connectivity index (χ3n) is 5.15. The summed E-state index contributed by atoms with van der Waals surface area (Å²) in [5, 5.41) is 11.4. The molecule has 6 nitrogen and oxygen atoms in total. The van der Waals surface area contributed by atoms with Gasteiger partial charge in [0, 0.05) is 23.1 Å². The van der Waals surface area contributed by atoms with E-state index in [1.165, 1.54) is 23.1 Å². The summed E-state index contributed by atoms with van der Waals surface area (Å²) >= 11 is 2.89. The Hall–Kier alpha value is -3.49. The fourth-order valence-corrected chi connectivity index (χ4v) is 5.46. The molecule has 2 aromatic carbocycles. The number of aromatic nitrogens is 4. The van der Waals surface area contributed by atoms with Crippen LogP contribution in [-0.4, -0.2) is 19.7 Å². The quantitative estimate of drug-likeness (QED) is 0.159. The molecule has 1 atom stereocenters. The normalized spacial score (nSPS) is 12.2. The van der Waals surface area contributed by atoms with E-state index in [9.17, 15) is 4.79 Å². The Bertz CT molecular complexity index is 1470. The first-order valence-corrected chi connectivity index (χ1v) is 12.2. The van der Waals surface area contributed by atoms with E-state index < -0.39 is 0 Å². The van der Waals surface area contributed by atoms with Crippen LogP contribution in [-0.2, 0) is 6.54 Å². The molecule has 0 N–H and O–H groups in total. The number of thioether (sulfide) groups is 1. The number of allylic oxidation sites excluding steroid dienone is 1. The number of hydrogen-bond donors (Lipinski definition) is 0. The van der Waals surface area contributed by atoms with Crippen LogP contribution in [0.2, 0.25) is 0 Å². The SMILES string of the molecule is C=CCn1c(SC(C)c2nnc(-c3ccccc3)o2)nc2scc(-c3ccccc3)c2c1=O. The molecular formula is C25H20N4O2S2. The highest BCUT2D eigenvalue weighted by Gasteiger charge is 2.22. The number of thiophene rings is 1. The lowest BCUT2D eigenvalue weighted by Gasteiger charge is -2.13. The highest BCUT2D eigenvalue weighted by Crippen LogP contribution is 2.37. The Morgan fingerprint density at radius 3 is 2.48 bits per heavy atom. The Kier molecular flexibility index (Phi) is 5.93. The summed E-state index contributed by atoms with van der Waals surface area (Å²) in [7, 11) is 0. The minimum absolute atomic E-state index is 0.0785. The third-order valence-corrected chi connectivity index (χ3v) is 7.10. The van der Waals surface area contributed by atoms with E-state index >= 15 is 0 Å². The van der Waals surface area contributed by atoms with Crippen molar-refractivity contribution in [3.63, 3.8) is 0 Å². The van der Waals surface area contributed by atoms with Crippen molar-refractivity contribution in [1.82, 2.24) is 19.7 Å². The van der Waals surface area contributed by atoms with Gasteiger partial charge in [0.15, 0.2) is 5.16 Å². The van der Waals surface area contributed by atoms with Crippen molar-refractivity contribution in [3.8, 4) is 22.6 Å². The highest BCUT2D eigenvalue weighted by atomic mass is 32.2. The number of benzene rings is 2. The fourth-order valence-electron chi connectivity index (χ4n) is 3.52. The topological polar surface area (TPSA) is 73.8 Å². The van der Waals surface area contributed by atoms with Gasteiger partial charge in [-0.15, -0.1) is 28.1 Å². The minimum atomic E-state index is -0.191. The molecule has 5 rings (SSSR count). The Balaban J connectivity index is 1.52. The maximum absolute atomic E-state index is 13.5. The Labute approximate surface area is 198 Å². The van der Waals surface area contributed by atoms with E-state index in [4.69, 9.17) is 9.40 Å². The van der Waals surface area contributed by atoms with Gasteiger partial charge in [0.25, 0.3) is 5.56 Å². The van der Waals surface area contributed by atoms with Crippen LogP contribution in [0.5, 0.6) is 0 Å². The Morgan fingerprint density at radius 1 is 1.09 bits per heavy atom. The molecule has 8 heteroatoms. The van der Waals surface area contributed by atoms with Crippen molar-refractivity contribution in [1.29, 1.82) is 0 Å². The van der Waals surface area contributed by atoms with Gasteiger partial charge in [0.1, 0.15) is 4.83 Å². The van der Waals surface area contributed by atoms with Gasteiger partial charge in [0.05, 0.1) is 10.6 Å². The predicted molar refractivity (Wildman–Crippen MR) is 134 cm³/mol. The molecule has 164 valence electrons. The van der Waals surface area contributed by atoms with E-state index in [0.717, 1.165) is 16.7 Å². The van der Waals surface area contributed by atoms with Gasteiger partial charge in [0.2, 0.25) is 11.8 Å². The monoisotopic (exact) mass is 472 g/mol. The summed E-state index contributed by atoms with van der Waals surface area (Å²) in [6.07, 6.45) is 1.71. The number of nitrogens with zero attached hydrogens (tertiary/aromatic N) is 4. The van der Waals surface area contributed by atoms with Gasteiger partial charge in [-0.25, -0.2) is 4.98 Å². The van der Waals surface area contributed by atoms with E-state index in [2.05, 4.69) is 16.8 Å². The van der Waals surface area contributed by atoms with E-state index in [1.54, 1.807) is 10.6 Å². The van der Waals surface area contributed by atoms with E-state index in [1.807, 2.05) is 73.0 Å². The zero-order valence-electron chi connectivity index (χ0n) is 17.8. The lowest BCUT2D eigenvalue weighted by molar-refractivity contribution is 0.508. The van der Waals surface area contributed by atoms with Crippen molar-refractivity contribution < 1.29 is 4.42 Å². The third kappa shape index (κ3) is 4.15. The van der Waals surface area contributed by atoms with Crippen LogP contribution < -0.4 is 5.56 Å². The second-order valence-corrected chi connectivity index (χ2v) is 9.53. The van der Waals surface area contributed by atoms with E-state index in [0.29, 0.717) is 33.7 Å². The molecule has 0 aliphatic carbocycles. The van der Waals surface area contributed by atoms with Gasteiger partial charge in [-0.1, -0.05) is 66.4 Å². The van der Waals surface area contributed by atoms with Gasteiger partial charge in [-0.3, -0.25) is 9.36 Å². The molecule has 0 spiro atoms. The molecule has 0 amide bonds. The van der Waals surface area contributed by atoms with Crippen molar-refractivity contribution in [2.24, 2.45) is 0 Å². The highest BCUT2D eigenvalue weighted by molar-refractivity contribution is 7.99. The number of fused-ring (bicyclic) bond motifs is 1. The van der Waals surface area contributed by atoms with Crippen LogP contribution in [0.1, 0.15) is 18.1 Å². The lowest BCUT2D eigenvalue weighted by atomic mass is 10.1. The number of hydrogen-bond acceptors (Lipinski definition) is 7. The van der Waals surface area contributed by atoms with Gasteiger partial charge in [-0.2, -0.15) is 0 Å². The van der Waals surface area contributed by atoms with Gasteiger partial charge >= 0.3 is 0 Å². The Morgan fingerprint density at radius 2 is 1.79 bits per heavy atom. The lowest BCUT2D eigenvalue weighted by Crippen LogP contribution is -2.22. The summed E-state index contributed by atoms with van der Waals surface area (Å²) in [5.41, 5.74) is 2.69. The van der Waals surface area contributed by atoms with E-state index in [-0.39, 0.29) is 10.8 Å². The molecule has 0 aliphatic heterocycles. The van der Waals surface area contributed by atoms with Crippen molar-refractivity contribution in [2.45, 2.75) is 23.9 Å². The zero-order chi connectivity index (χ0) is 22.8. The smallest absolute Gasteiger partial charge is 0.263 e. The molecule has 3 aromatic heterocycles. The minimum Gasteiger partial charge on any atom is -0.419 e. The molecule has 0 aliphatic rings.